The first-order chi connectivity index (χ1) is 12.8. The summed E-state index contributed by atoms with van der Waals surface area (Å²) in [7, 11) is 0. The number of piperidine rings is 3. The molecule has 4 fully saturated rings. The molecule has 0 unspecified atom stereocenters. The van der Waals surface area contributed by atoms with Crippen molar-refractivity contribution in [3.63, 3.8) is 0 Å². The van der Waals surface area contributed by atoms with Crippen molar-refractivity contribution in [2.24, 2.45) is 5.92 Å². The van der Waals surface area contributed by atoms with Crippen LogP contribution in [0.15, 0.2) is 18.3 Å². The number of thiophene rings is 1. The molecule has 0 aliphatic carbocycles. The van der Waals surface area contributed by atoms with Gasteiger partial charge in [-0.1, -0.05) is 0 Å². The molecule has 4 aliphatic heterocycles. The summed E-state index contributed by atoms with van der Waals surface area (Å²) < 4.78 is 1.15. The molecule has 4 aliphatic rings. The first-order valence-corrected chi connectivity index (χ1v) is 10.5. The summed E-state index contributed by atoms with van der Waals surface area (Å²) >= 11 is 1.76. The summed E-state index contributed by atoms with van der Waals surface area (Å²) in [5, 5.41) is 9.03. The Hall–Kier alpha value is -1.70. The minimum atomic E-state index is -0.0252. The number of carbonyl (C=O) groups is 1. The molecule has 7 heteroatoms. The molecule has 26 heavy (non-hydrogen) atoms. The number of nitrogens with zero attached hydrogens (tertiary/aromatic N) is 3. The second kappa shape index (κ2) is 6.79. The number of amides is 1. The highest BCUT2D eigenvalue weighted by Crippen LogP contribution is 2.33. The first-order valence-electron chi connectivity index (χ1n) is 9.65. The highest BCUT2D eigenvalue weighted by molar-refractivity contribution is 7.22. The fraction of sp³-hybridized carbons (Fsp3) is 0.579. The van der Waals surface area contributed by atoms with E-state index in [4.69, 9.17) is 0 Å². The normalized spacial score (nSPS) is 28.5. The summed E-state index contributed by atoms with van der Waals surface area (Å²) in [6.45, 7) is 7.49. The van der Waals surface area contributed by atoms with E-state index in [9.17, 15) is 4.79 Å². The van der Waals surface area contributed by atoms with E-state index >= 15 is 0 Å². The predicted octanol–water partition coefficient (Wildman–Crippen LogP) is 1.53. The summed E-state index contributed by atoms with van der Waals surface area (Å²) in [4.78, 5) is 22.0. The quantitative estimate of drug-likeness (QED) is 0.857. The van der Waals surface area contributed by atoms with Crippen molar-refractivity contribution in [1.82, 2.24) is 20.5 Å². The largest absolute Gasteiger partial charge is 0.361 e. The van der Waals surface area contributed by atoms with E-state index in [1.165, 1.54) is 30.9 Å². The molecule has 1 amide bonds. The Bertz CT molecular complexity index is 807. The van der Waals surface area contributed by atoms with Crippen LogP contribution in [0, 0.1) is 5.92 Å². The van der Waals surface area contributed by atoms with E-state index in [0.29, 0.717) is 11.6 Å². The highest BCUT2D eigenvalue weighted by atomic mass is 32.1. The Labute approximate surface area is 157 Å². The Balaban J connectivity index is 1.33. The first kappa shape index (κ1) is 16.5. The minimum absolute atomic E-state index is 0.0252. The maximum absolute atomic E-state index is 12.7. The smallest absolute Gasteiger partial charge is 0.270 e. The SMILES string of the molecule is O=C(N[C@H]1CN2CCC1CC2)c1cc2sc(N3CCNCC3)cc2cn1. The van der Waals surface area contributed by atoms with E-state index < -0.39 is 0 Å². The lowest BCUT2D eigenvalue weighted by Crippen LogP contribution is -2.57. The predicted molar refractivity (Wildman–Crippen MR) is 105 cm³/mol. The maximum Gasteiger partial charge on any atom is 0.270 e. The van der Waals surface area contributed by atoms with Gasteiger partial charge in [0.1, 0.15) is 5.69 Å². The van der Waals surface area contributed by atoms with Crippen molar-refractivity contribution in [2.75, 3.05) is 50.7 Å². The van der Waals surface area contributed by atoms with E-state index in [1.807, 2.05) is 12.3 Å². The molecule has 138 valence electrons. The van der Waals surface area contributed by atoms with Gasteiger partial charge in [0.15, 0.2) is 0 Å². The van der Waals surface area contributed by atoms with Gasteiger partial charge in [-0.2, -0.15) is 0 Å². The van der Waals surface area contributed by atoms with Crippen LogP contribution in [-0.2, 0) is 0 Å². The molecule has 2 bridgehead atoms. The van der Waals surface area contributed by atoms with Crippen LogP contribution in [0.1, 0.15) is 23.3 Å². The summed E-state index contributed by atoms with van der Waals surface area (Å²) in [5.41, 5.74) is 0.544. The Morgan fingerprint density at radius 3 is 2.73 bits per heavy atom. The molecule has 6 rings (SSSR count). The molecule has 0 aromatic carbocycles. The third-order valence-corrected chi connectivity index (χ3v) is 7.18. The van der Waals surface area contributed by atoms with Gasteiger partial charge in [-0.15, -0.1) is 11.3 Å². The number of hydrogen-bond donors (Lipinski definition) is 2. The number of aromatic nitrogens is 1. The van der Waals surface area contributed by atoms with E-state index in [-0.39, 0.29) is 11.9 Å². The number of rotatable bonds is 3. The number of anilines is 1. The van der Waals surface area contributed by atoms with E-state index in [0.717, 1.165) is 42.8 Å². The zero-order valence-corrected chi connectivity index (χ0v) is 15.7. The van der Waals surface area contributed by atoms with Crippen LogP contribution >= 0.6 is 11.3 Å². The molecule has 6 heterocycles. The molecular formula is C19H25N5OS. The molecule has 0 radical (unpaired) electrons. The zero-order valence-electron chi connectivity index (χ0n) is 14.9. The third-order valence-electron chi connectivity index (χ3n) is 6.02. The van der Waals surface area contributed by atoms with Gasteiger partial charge >= 0.3 is 0 Å². The van der Waals surface area contributed by atoms with Crippen molar-refractivity contribution in [2.45, 2.75) is 18.9 Å². The number of hydrogen-bond acceptors (Lipinski definition) is 6. The fourth-order valence-corrected chi connectivity index (χ4v) is 5.58. The van der Waals surface area contributed by atoms with E-state index in [1.54, 1.807) is 11.3 Å². The van der Waals surface area contributed by atoms with Gasteiger partial charge in [0, 0.05) is 55.0 Å². The van der Waals surface area contributed by atoms with Gasteiger partial charge in [-0.3, -0.25) is 9.78 Å². The van der Waals surface area contributed by atoms with Crippen LogP contribution in [-0.4, -0.2) is 67.6 Å². The van der Waals surface area contributed by atoms with Gasteiger partial charge in [0.25, 0.3) is 5.91 Å². The Kier molecular flexibility index (Phi) is 4.30. The number of nitrogens with one attached hydrogen (secondary N) is 2. The molecular weight excluding hydrogens is 346 g/mol. The monoisotopic (exact) mass is 371 g/mol. The molecule has 0 saturated carbocycles. The second-order valence-corrected chi connectivity index (χ2v) is 8.71. The van der Waals surface area contributed by atoms with Crippen molar-refractivity contribution in [3.05, 3.63) is 24.0 Å². The fourth-order valence-electron chi connectivity index (χ4n) is 4.46. The van der Waals surface area contributed by atoms with Gasteiger partial charge in [-0.05, 0) is 44.0 Å². The standard InChI is InChI=1S/C19H25N5OS/c25-19(22-16-12-23-5-1-13(16)2-6-23)15-10-17-14(11-21-15)9-18(26-17)24-7-3-20-4-8-24/h9-11,13,16,20H,1-8,12H2,(H,22,25)/t16-/m0/s1. The average Bonchev–Trinajstić information content (AvgIpc) is 3.13. The van der Waals surface area contributed by atoms with Crippen molar-refractivity contribution in [1.29, 1.82) is 0 Å². The Morgan fingerprint density at radius 2 is 2.00 bits per heavy atom. The Morgan fingerprint density at radius 1 is 1.19 bits per heavy atom. The van der Waals surface area contributed by atoms with Gasteiger partial charge in [0.2, 0.25) is 0 Å². The van der Waals surface area contributed by atoms with Gasteiger partial charge in [0.05, 0.1) is 5.00 Å². The number of carbonyl (C=O) groups excluding carboxylic acids is 1. The van der Waals surface area contributed by atoms with Crippen molar-refractivity contribution < 1.29 is 4.79 Å². The van der Waals surface area contributed by atoms with Crippen LogP contribution in [0.3, 0.4) is 0 Å². The summed E-state index contributed by atoms with van der Waals surface area (Å²) in [6.07, 6.45) is 4.26. The third kappa shape index (κ3) is 3.08. The van der Waals surface area contributed by atoms with Crippen molar-refractivity contribution in [3.8, 4) is 0 Å². The maximum atomic E-state index is 12.7. The number of fused-ring (bicyclic) bond motifs is 4. The van der Waals surface area contributed by atoms with Crippen LogP contribution in [0.2, 0.25) is 0 Å². The van der Waals surface area contributed by atoms with Gasteiger partial charge < -0.3 is 20.4 Å². The molecule has 6 nitrogen and oxygen atoms in total. The lowest BCUT2D eigenvalue weighted by molar-refractivity contribution is 0.0618. The van der Waals surface area contributed by atoms with Crippen molar-refractivity contribution >= 4 is 32.3 Å². The summed E-state index contributed by atoms with van der Waals surface area (Å²) in [6, 6.07) is 4.44. The number of pyridine rings is 1. The molecule has 1 atom stereocenters. The van der Waals surface area contributed by atoms with Gasteiger partial charge in [-0.25, -0.2) is 0 Å². The lowest BCUT2D eigenvalue weighted by atomic mass is 9.84. The minimum Gasteiger partial charge on any atom is -0.361 e. The average molecular weight is 372 g/mol. The molecule has 2 aromatic rings. The molecule has 2 N–H and O–H groups in total. The second-order valence-electron chi connectivity index (χ2n) is 7.65. The van der Waals surface area contributed by atoms with E-state index in [2.05, 4.69) is 31.5 Å². The zero-order chi connectivity index (χ0) is 17.5. The molecule has 4 saturated heterocycles. The van der Waals surface area contributed by atoms with Crippen LogP contribution in [0.25, 0.3) is 10.1 Å². The lowest BCUT2D eigenvalue weighted by Gasteiger charge is -2.44. The molecule has 2 aromatic heterocycles. The molecule has 0 spiro atoms. The van der Waals surface area contributed by atoms with Crippen LogP contribution < -0.4 is 15.5 Å². The topological polar surface area (TPSA) is 60.5 Å². The number of piperazine rings is 1. The van der Waals surface area contributed by atoms with Crippen LogP contribution in [0.5, 0.6) is 0 Å². The summed E-state index contributed by atoms with van der Waals surface area (Å²) in [5.74, 6) is 0.608. The van der Waals surface area contributed by atoms with Crippen LogP contribution in [0.4, 0.5) is 5.00 Å². The highest BCUT2D eigenvalue weighted by Gasteiger charge is 2.35.